The maximum atomic E-state index is 12.7. The van der Waals surface area contributed by atoms with Gasteiger partial charge in [0.25, 0.3) is 5.91 Å². The maximum Gasteiger partial charge on any atom is 0.307 e. The number of pyridine rings is 1. The lowest BCUT2D eigenvalue weighted by atomic mass is 9.95. The number of fused-ring (bicyclic) bond motifs is 1. The first-order valence-corrected chi connectivity index (χ1v) is 8.91. The molecule has 146 valence electrons. The quantitative estimate of drug-likeness (QED) is 0.650. The van der Waals surface area contributed by atoms with Crippen molar-refractivity contribution in [3.05, 3.63) is 59.9 Å². The SMILES string of the molecule is COC(=O)CCNC(=O)c1nc(C#N)c(-c2ccccc2)c2cc(OC)ccc12. The Balaban J connectivity index is 2.14. The molecule has 3 aromatic rings. The molecule has 1 heterocycles. The minimum absolute atomic E-state index is 0.0429. The molecule has 0 unspecified atom stereocenters. The van der Waals surface area contributed by atoms with Crippen LogP contribution in [0.25, 0.3) is 21.9 Å². The molecule has 3 rings (SSSR count). The third kappa shape index (κ3) is 4.17. The maximum absolute atomic E-state index is 12.7. The molecule has 2 aromatic carbocycles. The summed E-state index contributed by atoms with van der Waals surface area (Å²) in [4.78, 5) is 28.3. The number of benzene rings is 2. The summed E-state index contributed by atoms with van der Waals surface area (Å²) >= 11 is 0. The first kappa shape index (κ1) is 19.8. The van der Waals surface area contributed by atoms with Crippen LogP contribution in [0.1, 0.15) is 22.6 Å². The van der Waals surface area contributed by atoms with E-state index >= 15 is 0 Å². The molecule has 0 saturated heterocycles. The fourth-order valence-electron chi connectivity index (χ4n) is 3.03. The molecule has 0 radical (unpaired) electrons. The van der Waals surface area contributed by atoms with Crippen LogP contribution in [-0.4, -0.2) is 37.6 Å². The van der Waals surface area contributed by atoms with Crippen molar-refractivity contribution in [3.63, 3.8) is 0 Å². The fourth-order valence-corrected chi connectivity index (χ4v) is 3.03. The van der Waals surface area contributed by atoms with Crippen molar-refractivity contribution in [2.75, 3.05) is 20.8 Å². The zero-order valence-electron chi connectivity index (χ0n) is 16.1. The van der Waals surface area contributed by atoms with Crippen LogP contribution >= 0.6 is 0 Å². The predicted octanol–water partition coefficient (Wildman–Crippen LogP) is 3.07. The molecular weight excluding hydrogens is 370 g/mol. The van der Waals surface area contributed by atoms with Crippen LogP contribution in [0.2, 0.25) is 0 Å². The van der Waals surface area contributed by atoms with Gasteiger partial charge in [0.05, 0.1) is 20.6 Å². The van der Waals surface area contributed by atoms with Crippen molar-refractivity contribution in [1.82, 2.24) is 10.3 Å². The fraction of sp³-hybridized carbons (Fsp3) is 0.182. The van der Waals surface area contributed by atoms with E-state index in [9.17, 15) is 14.9 Å². The number of carbonyl (C=O) groups is 2. The second-order valence-corrected chi connectivity index (χ2v) is 6.16. The third-order valence-corrected chi connectivity index (χ3v) is 4.44. The zero-order chi connectivity index (χ0) is 20.8. The summed E-state index contributed by atoms with van der Waals surface area (Å²) in [5, 5.41) is 13.6. The zero-order valence-corrected chi connectivity index (χ0v) is 16.1. The number of rotatable bonds is 6. The second-order valence-electron chi connectivity index (χ2n) is 6.16. The average molecular weight is 389 g/mol. The van der Waals surface area contributed by atoms with E-state index in [2.05, 4.69) is 21.1 Å². The van der Waals surface area contributed by atoms with Gasteiger partial charge in [-0.05, 0) is 29.1 Å². The molecule has 0 bridgehead atoms. The highest BCUT2D eigenvalue weighted by Crippen LogP contribution is 2.34. The van der Waals surface area contributed by atoms with Crippen molar-refractivity contribution in [2.45, 2.75) is 6.42 Å². The minimum atomic E-state index is -0.472. The molecule has 0 aliphatic heterocycles. The van der Waals surface area contributed by atoms with Gasteiger partial charge in [0.15, 0.2) is 0 Å². The van der Waals surface area contributed by atoms with Crippen molar-refractivity contribution < 1.29 is 19.1 Å². The summed E-state index contributed by atoms with van der Waals surface area (Å²) in [6, 6.07) is 16.7. The molecule has 0 fully saturated rings. The van der Waals surface area contributed by atoms with Crippen molar-refractivity contribution in [1.29, 1.82) is 5.26 Å². The molecule has 7 heteroatoms. The van der Waals surface area contributed by atoms with E-state index in [1.54, 1.807) is 25.3 Å². The Morgan fingerprint density at radius 3 is 2.52 bits per heavy atom. The van der Waals surface area contributed by atoms with Gasteiger partial charge in [-0.1, -0.05) is 30.3 Å². The Morgan fingerprint density at radius 1 is 1.10 bits per heavy atom. The van der Waals surface area contributed by atoms with Gasteiger partial charge < -0.3 is 14.8 Å². The Labute approximate surface area is 167 Å². The van der Waals surface area contributed by atoms with E-state index in [4.69, 9.17) is 4.74 Å². The number of carbonyl (C=O) groups excluding carboxylic acids is 2. The molecule has 7 nitrogen and oxygen atoms in total. The highest BCUT2D eigenvalue weighted by atomic mass is 16.5. The number of esters is 1. The molecule has 0 saturated carbocycles. The van der Waals surface area contributed by atoms with Gasteiger partial charge in [-0.3, -0.25) is 9.59 Å². The van der Waals surface area contributed by atoms with E-state index in [1.807, 2.05) is 30.3 Å². The van der Waals surface area contributed by atoms with E-state index < -0.39 is 11.9 Å². The lowest BCUT2D eigenvalue weighted by molar-refractivity contribution is -0.140. The summed E-state index contributed by atoms with van der Waals surface area (Å²) < 4.78 is 9.91. The van der Waals surface area contributed by atoms with E-state index in [1.165, 1.54) is 7.11 Å². The van der Waals surface area contributed by atoms with Crippen LogP contribution in [0.5, 0.6) is 5.75 Å². The monoisotopic (exact) mass is 389 g/mol. The molecule has 0 spiro atoms. The highest BCUT2D eigenvalue weighted by Gasteiger charge is 2.20. The summed E-state index contributed by atoms with van der Waals surface area (Å²) in [5.41, 5.74) is 1.69. The first-order chi connectivity index (χ1) is 14.1. The second kappa shape index (κ2) is 8.85. The van der Waals surface area contributed by atoms with Crippen molar-refractivity contribution >= 4 is 22.6 Å². The normalized spacial score (nSPS) is 10.2. The van der Waals surface area contributed by atoms with Gasteiger partial charge in [-0.15, -0.1) is 0 Å². The number of ether oxygens (including phenoxy) is 2. The number of hydrogen-bond acceptors (Lipinski definition) is 6. The summed E-state index contributed by atoms with van der Waals surface area (Å²) in [6.45, 7) is 0.104. The molecule has 1 amide bonds. The number of aromatic nitrogens is 1. The molecular formula is C22H19N3O4. The smallest absolute Gasteiger partial charge is 0.307 e. The predicted molar refractivity (Wildman–Crippen MR) is 107 cm³/mol. The minimum Gasteiger partial charge on any atom is -0.497 e. The standard InChI is InChI=1S/C22H19N3O4/c1-28-15-8-9-16-17(12-15)20(14-6-4-3-5-7-14)18(13-23)25-21(16)22(27)24-11-10-19(26)29-2/h3-9,12H,10-11H2,1-2H3,(H,24,27). The van der Waals surface area contributed by atoms with E-state index in [0.717, 1.165) is 5.56 Å². The topological polar surface area (TPSA) is 101 Å². The van der Waals surface area contributed by atoms with E-state index in [0.29, 0.717) is 22.1 Å². The molecule has 1 aromatic heterocycles. The number of hydrogen-bond donors (Lipinski definition) is 1. The van der Waals surface area contributed by atoms with Crippen LogP contribution < -0.4 is 10.1 Å². The lowest BCUT2D eigenvalue weighted by Gasteiger charge is -2.14. The molecule has 1 N–H and O–H groups in total. The number of nitrogens with zero attached hydrogens (tertiary/aromatic N) is 2. The van der Waals surface area contributed by atoms with Gasteiger partial charge in [0.1, 0.15) is 23.2 Å². The lowest BCUT2D eigenvalue weighted by Crippen LogP contribution is -2.27. The van der Waals surface area contributed by atoms with Crippen molar-refractivity contribution in [3.8, 4) is 22.9 Å². The van der Waals surface area contributed by atoms with Gasteiger partial charge in [0, 0.05) is 17.5 Å². The highest BCUT2D eigenvalue weighted by molar-refractivity contribution is 6.10. The van der Waals surface area contributed by atoms with Gasteiger partial charge in [0.2, 0.25) is 0 Å². The first-order valence-electron chi connectivity index (χ1n) is 8.91. The van der Waals surface area contributed by atoms with Gasteiger partial charge >= 0.3 is 5.97 Å². The van der Waals surface area contributed by atoms with Gasteiger partial charge in [-0.2, -0.15) is 5.26 Å². The Bertz CT molecular complexity index is 1100. The van der Waals surface area contributed by atoms with Crippen LogP contribution in [-0.2, 0) is 9.53 Å². The summed E-state index contributed by atoms with van der Waals surface area (Å²) in [7, 11) is 2.84. The number of nitrogens with one attached hydrogen (secondary N) is 1. The summed E-state index contributed by atoms with van der Waals surface area (Å²) in [5.74, 6) is -0.299. The van der Waals surface area contributed by atoms with Gasteiger partial charge in [-0.25, -0.2) is 4.98 Å². The Kier molecular flexibility index (Phi) is 6.05. The van der Waals surface area contributed by atoms with Crippen LogP contribution in [0.3, 0.4) is 0 Å². The van der Waals surface area contributed by atoms with Crippen LogP contribution in [0.15, 0.2) is 48.5 Å². The molecule has 0 aliphatic carbocycles. The van der Waals surface area contributed by atoms with Crippen LogP contribution in [0.4, 0.5) is 0 Å². The summed E-state index contributed by atoms with van der Waals surface area (Å²) in [6.07, 6.45) is 0.0429. The Morgan fingerprint density at radius 2 is 1.86 bits per heavy atom. The molecule has 29 heavy (non-hydrogen) atoms. The average Bonchev–Trinajstić information content (AvgIpc) is 2.77. The Hall–Kier alpha value is -3.92. The van der Waals surface area contributed by atoms with Crippen molar-refractivity contribution in [2.24, 2.45) is 0 Å². The van der Waals surface area contributed by atoms with Crippen LogP contribution in [0, 0.1) is 11.3 Å². The number of methoxy groups -OCH3 is 2. The van der Waals surface area contributed by atoms with E-state index in [-0.39, 0.29) is 24.4 Å². The largest absolute Gasteiger partial charge is 0.497 e. The third-order valence-electron chi connectivity index (χ3n) is 4.44. The number of amides is 1. The number of nitriles is 1. The molecule has 0 atom stereocenters. The molecule has 0 aliphatic rings.